The lowest BCUT2D eigenvalue weighted by Crippen LogP contribution is -2.36. The number of para-hydroxylation sites is 2. The molecule has 1 saturated carbocycles. The predicted molar refractivity (Wildman–Crippen MR) is 74.4 cm³/mol. The molecule has 1 aromatic rings. The van der Waals surface area contributed by atoms with Crippen LogP contribution in [0, 0.1) is 0 Å². The maximum atomic E-state index is 11.9. The van der Waals surface area contributed by atoms with Gasteiger partial charge in [0.2, 0.25) is 5.91 Å². The van der Waals surface area contributed by atoms with Gasteiger partial charge in [0.25, 0.3) is 0 Å². The van der Waals surface area contributed by atoms with E-state index in [1.54, 1.807) is 6.07 Å². The Balaban J connectivity index is 1.86. The average molecular weight is 247 g/mol. The maximum Gasteiger partial charge on any atom is 0.238 e. The average Bonchev–Trinajstić information content (AvgIpc) is 2.85. The highest BCUT2D eigenvalue weighted by Crippen LogP contribution is 2.22. The van der Waals surface area contributed by atoms with E-state index in [9.17, 15) is 4.79 Å². The molecule has 0 heterocycles. The number of benzene rings is 1. The highest BCUT2D eigenvalue weighted by molar-refractivity contribution is 5.95. The fourth-order valence-corrected chi connectivity index (χ4v) is 2.50. The molecule has 18 heavy (non-hydrogen) atoms. The van der Waals surface area contributed by atoms with E-state index in [4.69, 9.17) is 5.73 Å². The number of carbonyl (C=O) groups excluding carboxylic acids is 1. The van der Waals surface area contributed by atoms with Gasteiger partial charge >= 0.3 is 0 Å². The fraction of sp³-hybridized carbons (Fsp3) is 0.500. The molecule has 98 valence electrons. The van der Waals surface area contributed by atoms with Crippen LogP contribution in [0.15, 0.2) is 24.3 Å². The summed E-state index contributed by atoms with van der Waals surface area (Å²) in [4.78, 5) is 14.1. The smallest absolute Gasteiger partial charge is 0.238 e. The number of amides is 1. The topological polar surface area (TPSA) is 58.4 Å². The molecule has 1 aliphatic rings. The van der Waals surface area contributed by atoms with Gasteiger partial charge in [0, 0.05) is 6.04 Å². The highest BCUT2D eigenvalue weighted by atomic mass is 16.2. The molecule has 1 aliphatic carbocycles. The molecule has 0 atom stereocenters. The van der Waals surface area contributed by atoms with Crippen LogP contribution >= 0.6 is 0 Å². The molecule has 0 radical (unpaired) electrons. The zero-order chi connectivity index (χ0) is 13.0. The van der Waals surface area contributed by atoms with Gasteiger partial charge in [-0.05, 0) is 32.0 Å². The van der Waals surface area contributed by atoms with Crippen molar-refractivity contribution < 1.29 is 4.79 Å². The largest absolute Gasteiger partial charge is 0.397 e. The van der Waals surface area contributed by atoms with Crippen molar-refractivity contribution >= 4 is 17.3 Å². The molecular formula is C14H21N3O. The van der Waals surface area contributed by atoms with Crippen LogP contribution in [-0.2, 0) is 4.79 Å². The van der Waals surface area contributed by atoms with E-state index in [0.717, 1.165) is 0 Å². The second-order valence-electron chi connectivity index (χ2n) is 4.99. The molecule has 2 rings (SSSR count). The fourth-order valence-electron chi connectivity index (χ4n) is 2.50. The maximum absolute atomic E-state index is 11.9. The lowest BCUT2D eigenvalue weighted by atomic mass is 10.2. The van der Waals surface area contributed by atoms with E-state index >= 15 is 0 Å². The minimum atomic E-state index is 0.00213. The van der Waals surface area contributed by atoms with Gasteiger partial charge in [-0.2, -0.15) is 0 Å². The van der Waals surface area contributed by atoms with Crippen molar-refractivity contribution in [1.29, 1.82) is 0 Å². The third kappa shape index (κ3) is 3.23. The molecule has 1 amide bonds. The molecule has 0 spiro atoms. The van der Waals surface area contributed by atoms with E-state index in [1.165, 1.54) is 25.7 Å². The highest BCUT2D eigenvalue weighted by Gasteiger charge is 2.21. The van der Waals surface area contributed by atoms with E-state index in [-0.39, 0.29) is 5.91 Å². The number of nitrogens with two attached hydrogens (primary N) is 1. The van der Waals surface area contributed by atoms with Gasteiger partial charge < -0.3 is 11.1 Å². The Hall–Kier alpha value is -1.55. The first kappa shape index (κ1) is 12.9. The Morgan fingerprint density at radius 2 is 2.06 bits per heavy atom. The summed E-state index contributed by atoms with van der Waals surface area (Å²) in [5.41, 5.74) is 7.10. The van der Waals surface area contributed by atoms with E-state index in [1.807, 2.05) is 25.2 Å². The molecule has 3 N–H and O–H groups in total. The molecule has 4 heteroatoms. The van der Waals surface area contributed by atoms with Crippen molar-refractivity contribution in [2.75, 3.05) is 24.6 Å². The number of nitrogen functional groups attached to an aromatic ring is 1. The minimum absolute atomic E-state index is 0.00213. The first-order valence-electron chi connectivity index (χ1n) is 6.51. The molecular weight excluding hydrogens is 226 g/mol. The third-order valence-corrected chi connectivity index (χ3v) is 3.58. The quantitative estimate of drug-likeness (QED) is 0.801. The van der Waals surface area contributed by atoms with Gasteiger partial charge in [-0.25, -0.2) is 0 Å². The molecule has 1 aromatic carbocycles. The van der Waals surface area contributed by atoms with Gasteiger partial charge in [0.1, 0.15) is 0 Å². The number of nitrogens with one attached hydrogen (secondary N) is 1. The Kier molecular flexibility index (Phi) is 4.20. The van der Waals surface area contributed by atoms with Crippen LogP contribution in [0.1, 0.15) is 25.7 Å². The summed E-state index contributed by atoms with van der Waals surface area (Å²) in [7, 11) is 2.02. The molecule has 0 unspecified atom stereocenters. The van der Waals surface area contributed by atoms with Crippen molar-refractivity contribution in [3.8, 4) is 0 Å². The van der Waals surface area contributed by atoms with Crippen molar-refractivity contribution in [1.82, 2.24) is 4.90 Å². The van der Waals surface area contributed by atoms with Gasteiger partial charge in [-0.1, -0.05) is 25.0 Å². The Labute approximate surface area is 108 Å². The number of anilines is 2. The summed E-state index contributed by atoms with van der Waals surface area (Å²) >= 11 is 0. The summed E-state index contributed by atoms with van der Waals surface area (Å²) in [6.07, 6.45) is 4.97. The zero-order valence-electron chi connectivity index (χ0n) is 10.9. The first-order chi connectivity index (χ1) is 8.66. The molecule has 1 fully saturated rings. The van der Waals surface area contributed by atoms with Crippen molar-refractivity contribution in [2.45, 2.75) is 31.7 Å². The zero-order valence-corrected chi connectivity index (χ0v) is 10.9. The second-order valence-corrected chi connectivity index (χ2v) is 4.99. The monoisotopic (exact) mass is 247 g/mol. The number of nitrogens with zero attached hydrogens (tertiary/aromatic N) is 1. The van der Waals surface area contributed by atoms with Gasteiger partial charge in [0.05, 0.1) is 17.9 Å². The van der Waals surface area contributed by atoms with Crippen LogP contribution in [0.25, 0.3) is 0 Å². The summed E-state index contributed by atoms with van der Waals surface area (Å²) in [5, 5.41) is 2.86. The standard InChI is InChI=1S/C14H21N3O/c1-17(11-6-2-3-7-11)10-14(18)16-13-9-5-4-8-12(13)15/h4-5,8-9,11H,2-3,6-7,10,15H2,1H3,(H,16,18). The molecule has 0 bridgehead atoms. The molecule has 0 aromatic heterocycles. The van der Waals surface area contributed by atoms with Crippen molar-refractivity contribution in [3.05, 3.63) is 24.3 Å². The minimum Gasteiger partial charge on any atom is -0.397 e. The van der Waals surface area contributed by atoms with Gasteiger partial charge in [-0.3, -0.25) is 9.69 Å². The van der Waals surface area contributed by atoms with Crippen molar-refractivity contribution in [2.24, 2.45) is 0 Å². The van der Waals surface area contributed by atoms with Gasteiger partial charge in [0.15, 0.2) is 0 Å². The summed E-state index contributed by atoms with van der Waals surface area (Å²) in [6, 6.07) is 7.89. The van der Waals surface area contributed by atoms with Crippen LogP contribution in [0.4, 0.5) is 11.4 Å². The van der Waals surface area contributed by atoms with Crippen LogP contribution < -0.4 is 11.1 Å². The van der Waals surface area contributed by atoms with Crippen LogP contribution in [-0.4, -0.2) is 30.4 Å². The summed E-state index contributed by atoms with van der Waals surface area (Å²) < 4.78 is 0. The lowest BCUT2D eigenvalue weighted by Gasteiger charge is -2.23. The number of rotatable bonds is 4. The number of hydrogen-bond acceptors (Lipinski definition) is 3. The second kappa shape index (κ2) is 5.87. The number of hydrogen-bond donors (Lipinski definition) is 2. The van der Waals surface area contributed by atoms with E-state index < -0.39 is 0 Å². The van der Waals surface area contributed by atoms with Crippen molar-refractivity contribution in [3.63, 3.8) is 0 Å². The third-order valence-electron chi connectivity index (χ3n) is 3.58. The van der Waals surface area contributed by atoms with Gasteiger partial charge in [-0.15, -0.1) is 0 Å². The van der Waals surface area contributed by atoms with Crippen LogP contribution in [0.2, 0.25) is 0 Å². The normalized spacial score (nSPS) is 16.1. The SMILES string of the molecule is CN(CC(=O)Nc1ccccc1N)C1CCCC1. The first-order valence-corrected chi connectivity index (χ1v) is 6.51. The summed E-state index contributed by atoms with van der Waals surface area (Å²) in [6.45, 7) is 0.430. The number of carbonyl (C=O) groups is 1. The Morgan fingerprint density at radius 3 is 2.72 bits per heavy atom. The molecule has 0 saturated heterocycles. The predicted octanol–water partition coefficient (Wildman–Crippen LogP) is 2.08. The lowest BCUT2D eigenvalue weighted by molar-refractivity contribution is -0.117. The number of likely N-dealkylation sites (N-methyl/N-ethyl adjacent to an activating group) is 1. The molecule has 0 aliphatic heterocycles. The molecule has 4 nitrogen and oxygen atoms in total. The van der Waals surface area contributed by atoms with Crippen LogP contribution in [0.5, 0.6) is 0 Å². The summed E-state index contributed by atoms with van der Waals surface area (Å²) in [5.74, 6) is 0.00213. The van der Waals surface area contributed by atoms with Crippen LogP contribution in [0.3, 0.4) is 0 Å². The van der Waals surface area contributed by atoms with E-state index in [2.05, 4.69) is 10.2 Å². The van der Waals surface area contributed by atoms with E-state index in [0.29, 0.717) is 24.0 Å². The Bertz CT molecular complexity index is 413. The Morgan fingerprint density at radius 1 is 1.39 bits per heavy atom.